The summed E-state index contributed by atoms with van der Waals surface area (Å²) in [6.45, 7) is 7.72. The van der Waals surface area contributed by atoms with Gasteiger partial charge in [0.2, 0.25) is 5.95 Å². The number of esters is 1. The Kier molecular flexibility index (Phi) is 11.4. The average molecular weight is 568 g/mol. The van der Waals surface area contributed by atoms with Gasteiger partial charge in [-0.2, -0.15) is 0 Å². The lowest BCUT2D eigenvalue weighted by atomic mass is 10.1. The first-order chi connectivity index (χ1) is 19.2. The van der Waals surface area contributed by atoms with E-state index in [-0.39, 0.29) is 29.9 Å². The third-order valence-corrected chi connectivity index (χ3v) is 7.20. The third kappa shape index (κ3) is 8.77. The second kappa shape index (κ2) is 15.0. The van der Waals surface area contributed by atoms with E-state index in [2.05, 4.69) is 25.9 Å². The van der Waals surface area contributed by atoms with Gasteiger partial charge >= 0.3 is 5.97 Å². The van der Waals surface area contributed by atoms with E-state index in [0.29, 0.717) is 41.6 Å². The molecule has 1 atom stereocenters. The molecular formula is C29H37N5O5S. The maximum absolute atomic E-state index is 13.3. The summed E-state index contributed by atoms with van der Waals surface area (Å²) in [5, 5.41) is 20.0. The summed E-state index contributed by atoms with van der Waals surface area (Å²) in [5.41, 5.74) is 2.20. The van der Waals surface area contributed by atoms with Gasteiger partial charge in [0.1, 0.15) is 17.9 Å². The highest BCUT2D eigenvalue weighted by atomic mass is 32.1. The molecule has 3 rings (SSSR count). The molecular weight excluding hydrogens is 530 g/mol. The highest BCUT2D eigenvalue weighted by Gasteiger charge is 2.27. The molecule has 0 aliphatic carbocycles. The summed E-state index contributed by atoms with van der Waals surface area (Å²) < 4.78 is 5.59. The van der Waals surface area contributed by atoms with Crippen LogP contribution in [0, 0.1) is 13.8 Å². The van der Waals surface area contributed by atoms with Gasteiger partial charge < -0.3 is 25.8 Å². The van der Waals surface area contributed by atoms with E-state index in [0.717, 1.165) is 18.4 Å². The second-order valence-corrected chi connectivity index (χ2v) is 10.3. The van der Waals surface area contributed by atoms with Crippen LogP contribution < -0.4 is 16.0 Å². The number of phenols is 1. The number of phenolic OH excluding ortho intramolecular Hbond substituents is 1. The SMILES string of the molecule is CCC(CC)OC(=O)[C@H](CNC(=O)c1cccs1)NC(=O)c1c(C)nc(NCCCc2cccc(O)c2)nc1C. The van der Waals surface area contributed by atoms with Crippen molar-refractivity contribution < 1.29 is 24.2 Å². The molecule has 2 aromatic heterocycles. The molecule has 10 nitrogen and oxygen atoms in total. The number of anilines is 1. The summed E-state index contributed by atoms with van der Waals surface area (Å²) >= 11 is 1.28. The molecule has 0 aliphatic rings. The first kappa shape index (κ1) is 30.6. The number of hydrogen-bond donors (Lipinski definition) is 4. The van der Waals surface area contributed by atoms with E-state index in [1.165, 1.54) is 11.3 Å². The van der Waals surface area contributed by atoms with Crippen molar-refractivity contribution in [3.63, 3.8) is 0 Å². The number of nitrogens with zero attached hydrogens (tertiary/aromatic N) is 2. The molecule has 0 saturated carbocycles. The number of aromatic hydroxyl groups is 1. The molecule has 3 aromatic rings. The topological polar surface area (TPSA) is 143 Å². The molecule has 2 amide bonds. The highest BCUT2D eigenvalue weighted by Crippen LogP contribution is 2.15. The number of thiophene rings is 1. The second-order valence-electron chi connectivity index (χ2n) is 9.38. The lowest BCUT2D eigenvalue weighted by Crippen LogP contribution is -2.50. The monoisotopic (exact) mass is 567 g/mol. The summed E-state index contributed by atoms with van der Waals surface area (Å²) in [7, 11) is 0. The number of benzene rings is 1. The van der Waals surface area contributed by atoms with Gasteiger partial charge in [0.05, 0.1) is 21.8 Å². The average Bonchev–Trinajstić information content (AvgIpc) is 3.47. The zero-order valence-electron chi connectivity index (χ0n) is 23.3. The molecule has 1 aromatic carbocycles. The first-order valence-electron chi connectivity index (χ1n) is 13.4. The van der Waals surface area contributed by atoms with Crippen LogP contribution in [-0.2, 0) is 16.0 Å². The van der Waals surface area contributed by atoms with E-state index < -0.39 is 17.9 Å². The standard InChI is InChI=1S/C29H37N5O5S/c1-5-22(6-2)39-28(38)23(17-31-26(36)24-13-9-15-40-24)34-27(37)25-18(3)32-29(33-19(25)4)30-14-8-11-20-10-7-12-21(35)16-20/h7,9-10,12-13,15-16,22-23,35H,5-6,8,11,14,17H2,1-4H3,(H,31,36)(H,34,37)(H,30,32,33)/t23-/m0/s1. The van der Waals surface area contributed by atoms with Crippen molar-refractivity contribution >= 4 is 35.1 Å². The van der Waals surface area contributed by atoms with Crippen LogP contribution in [0.4, 0.5) is 5.95 Å². The molecule has 0 saturated heterocycles. The van der Waals surface area contributed by atoms with Gasteiger partial charge in [-0.1, -0.05) is 32.0 Å². The minimum atomic E-state index is -1.09. The van der Waals surface area contributed by atoms with Crippen molar-refractivity contribution in [2.24, 2.45) is 0 Å². The maximum atomic E-state index is 13.3. The molecule has 0 aliphatic heterocycles. The molecule has 214 valence electrons. The Hall–Kier alpha value is -3.99. The number of amides is 2. The number of rotatable bonds is 14. The molecule has 0 bridgehead atoms. The predicted molar refractivity (Wildman–Crippen MR) is 155 cm³/mol. The van der Waals surface area contributed by atoms with Crippen molar-refractivity contribution in [1.29, 1.82) is 0 Å². The van der Waals surface area contributed by atoms with Gasteiger partial charge in [0.15, 0.2) is 0 Å². The Labute approximate surface area is 238 Å². The largest absolute Gasteiger partial charge is 0.508 e. The zero-order valence-corrected chi connectivity index (χ0v) is 24.1. The van der Waals surface area contributed by atoms with Crippen LogP contribution in [0.25, 0.3) is 0 Å². The van der Waals surface area contributed by atoms with Gasteiger partial charge in [-0.05, 0) is 68.7 Å². The maximum Gasteiger partial charge on any atom is 0.330 e. The quantitative estimate of drug-likeness (QED) is 0.168. The zero-order chi connectivity index (χ0) is 29.1. The lowest BCUT2D eigenvalue weighted by molar-refractivity contribution is -0.151. The summed E-state index contributed by atoms with van der Waals surface area (Å²) in [4.78, 5) is 48.1. The van der Waals surface area contributed by atoms with Gasteiger partial charge in [-0.15, -0.1) is 11.3 Å². The van der Waals surface area contributed by atoms with Gasteiger partial charge in [0.25, 0.3) is 11.8 Å². The molecule has 40 heavy (non-hydrogen) atoms. The molecule has 2 heterocycles. The first-order valence-corrected chi connectivity index (χ1v) is 14.3. The minimum Gasteiger partial charge on any atom is -0.508 e. The fraction of sp³-hybridized carbons (Fsp3) is 0.414. The number of aryl methyl sites for hydroxylation is 3. The van der Waals surface area contributed by atoms with Crippen LogP contribution in [0.1, 0.15) is 70.1 Å². The number of ether oxygens (including phenoxy) is 1. The van der Waals surface area contributed by atoms with Crippen LogP contribution in [0.3, 0.4) is 0 Å². The van der Waals surface area contributed by atoms with Crippen molar-refractivity contribution in [3.05, 3.63) is 69.2 Å². The Morgan fingerprint density at radius 3 is 2.38 bits per heavy atom. The third-order valence-electron chi connectivity index (χ3n) is 6.33. The number of aromatic nitrogens is 2. The highest BCUT2D eigenvalue weighted by molar-refractivity contribution is 7.12. The molecule has 0 fully saturated rings. The van der Waals surface area contributed by atoms with Crippen molar-refractivity contribution in [2.75, 3.05) is 18.4 Å². The summed E-state index contributed by atoms with van der Waals surface area (Å²) in [6.07, 6.45) is 2.56. The van der Waals surface area contributed by atoms with Crippen LogP contribution in [0.5, 0.6) is 5.75 Å². The molecule has 11 heteroatoms. The number of nitrogens with one attached hydrogen (secondary N) is 3. The minimum absolute atomic E-state index is 0.126. The fourth-order valence-electron chi connectivity index (χ4n) is 4.14. The van der Waals surface area contributed by atoms with Gasteiger partial charge in [-0.3, -0.25) is 9.59 Å². The Bertz CT molecular complexity index is 1270. The molecule has 0 radical (unpaired) electrons. The van der Waals surface area contributed by atoms with Crippen LogP contribution >= 0.6 is 11.3 Å². The van der Waals surface area contributed by atoms with Crippen LogP contribution in [0.15, 0.2) is 41.8 Å². The van der Waals surface area contributed by atoms with Crippen LogP contribution in [-0.4, -0.2) is 58.1 Å². The van der Waals surface area contributed by atoms with E-state index in [1.54, 1.807) is 43.5 Å². The fourth-order valence-corrected chi connectivity index (χ4v) is 4.78. The van der Waals surface area contributed by atoms with E-state index >= 15 is 0 Å². The lowest BCUT2D eigenvalue weighted by Gasteiger charge is -2.22. The van der Waals surface area contributed by atoms with Gasteiger partial charge in [-0.25, -0.2) is 14.8 Å². The number of carbonyl (C=O) groups is 3. The van der Waals surface area contributed by atoms with Crippen molar-refractivity contribution in [2.45, 2.75) is 65.5 Å². The molecule has 0 unspecified atom stereocenters. The van der Waals surface area contributed by atoms with Crippen molar-refractivity contribution in [3.8, 4) is 5.75 Å². The van der Waals surface area contributed by atoms with Crippen molar-refractivity contribution in [1.82, 2.24) is 20.6 Å². The molecule has 0 spiro atoms. The van der Waals surface area contributed by atoms with Crippen LogP contribution in [0.2, 0.25) is 0 Å². The Morgan fingerprint density at radius 2 is 1.75 bits per heavy atom. The summed E-state index contributed by atoms with van der Waals surface area (Å²) in [6, 6.07) is 9.50. The Balaban J connectivity index is 1.65. The number of hydrogen-bond acceptors (Lipinski definition) is 9. The van der Waals surface area contributed by atoms with E-state index in [4.69, 9.17) is 4.74 Å². The normalized spacial score (nSPS) is 11.6. The molecule has 4 N–H and O–H groups in total. The van der Waals surface area contributed by atoms with Gasteiger partial charge in [0, 0.05) is 13.1 Å². The van der Waals surface area contributed by atoms with E-state index in [1.807, 2.05) is 26.0 Å². The van der Waals surface area contributed by atoms with E-state index in [9.17, 15) is 19.5 Å². The predicted octanol–water partition coefficient (Wildman–Crippen LogP) is 4.17. The number of carbonyl (C=O) groups excluding carboxylic acids is 3. The Morgan fingerprint density at radius 1 is 1.02 bits per heavy atom. The smallest absolute Gasteiger partial charge is 0.330 e. The summed E-state index contributed by atoms with van der Waals surface area (Å²) in [5.74, 6) is -0.836.